The predicted molar refractivity (Wildman–Crippen MR) is 135 cm³/mol. The van der Waals surface area contributed by atoms with E-state index in [-0.39, 0.29) is 11.8 Å². The van der Waals surface area contributed by atoms with Gasteiger partial charge in [0.15, 0.2) is 0 Å². The molecule has 0 spiro atoms. The molecule has 1 unspecified atom stereocenters. The van der Waals surface area contributed by atoms with E-state index in [0.717, 1.165) is 27.2 Å². The molecule has 4 aromatic rings. The number of ether oxygens (including phenoxy) is 2. The summed E-state index contributed by atoms with van der Waals surface area (Å²) in [7, 11) is -2.38. The van der Waals surface area contributed by atoms with Gasteiger partial charge in [-0.3, -0.25) is 9.19 Å². The van der Waals surface area contributed by atoms with Crippen LogP contribution < -0.4 is 9.64 Å². The lowest BCUT2D eigenvalue weighted by Crippen LogP contribution is -2.40. The molecular weight excluding hydrogens is 507 g/mol. The average molecular weight is 534 g/mol. The second kappa shape index (κ2) is 9.75. The van der Waals surface area contributed by atoms with E-state index in [2.05, 4.69) is 24.6 Å². The third-order valence-corrected chi connectivity index (χ3v) is 7.71. The molecule has 1 saturated heterocycles. The molecule has 4 heterocycles. The molecule has 0 radical (unpaired) electrons. The van der Waals surface area contributed by atoms with Gasteiger partial charge in [0, 0.05) is 23.8 Å². The zero-order valence-corrected chi connectivity index (χ0v) is 21.1. The molecule has 0 amide bonds. The van der Waals surface area contributed by atoms with Crippen LogP contribution in [0.3, 0.4) is 0 Å². The van der Waals surface area contributed by atoms with Crippen molar-refractivity contribution in [1.82, 2.24) is 19.5 Å². The molecule has 0 saturated carbocycles. The number of fused-ring (bicyclic) bond motifs is 1. The van der Waals surface area contributed by atoms with Gasteiger partial charge in [0.25, 0.3) is 0 Å². The van der Waals surface area contributed by atoms with E-state index in [1.165, 1.54) is 18.5 Å². The summed E-state index contributed by atoms with van der Waals surface area (Å²) in [6, 6.07) is 11.2. The molecule has 1 aromatic carbocycles. The number of benzene rings is 1. The number of halogens is 3. The van der Waals surface area contributed by atoms with Gasteiger partial charge >= 0.3 is 6.36 Å². The van der Waals surface area contributed by atoms with Crippen LogP contribution in [0.2, 0.25) is 0 Å². The summed E-state index contributed by atoms with van der Waals surface area (Å²) in [5.41, 5.74) is 2.32. The fraction of sp³-hybridized carbons (Fsp3) is 0.320. The Kier molecular flexibility index (Phi) is 6.63. The van der Waals surface area contributed by atoms with E-state index in [1.54, 1.807) is 30.8 Å². The summed E-state index contributed by atoms with van der Waals surface area (Å²) >= 11 is 0. The van der Waals surface area contributed by atoms with Crippen LogP contribution in [-0.4, -0.2) is 62.4 Å². The standard InChI is InChI=1S/C25H26F3N5O3S/c1-37(2,34)20-8-5-18(29-13-20)14-32-10-9-21-23(32)30-16-31-24(21)33-11-12-35-15-22(33)17-3-6-19(7-4-17)36-25(26,27)28/h3-10,13,16,22,37H,11-12,14-15H2,1-2H3. The average Bonchev–Trinajstić information content (AvgIpc) is 3.26. The van der Waals surface area contributed by atoms with E-state index >= 15 is 0 Å². The van der Waals surface area contributed by atoms with Gasteiger partial charge in [-0.15, -0.1) is 13.2 Å². The normalized spacial score (nSPS) is 17.2. The summed E-state index contributed by atoms with van der Waals surface area (Å²) in [4.78, 5) is 16.3. The fourth-order valence-corrected chi connectivity index (χ4v) is 5.14. The SMILES string of the molecule is C[SH](C)(=O)c1ccc(Cn2ccc3c(N4CCOCC4c4ccc(OC(F)(F)F)cc4)ncnc32)nc1. The number of thiol groups is 1. The largest absolute Gasteiger partial charge is 0.573 e. The number of hydrogen-bond acceptors (Lipinski definition) is 7. The lowest BCUT2D eigenvalue weighted by molar-refractivity contribution is -0.274. The summed E-state index contributed by atoms with van der Waals surface area (Å²) in [6.07, 6.45) is 3.76. The van der Waals surface area contributed by atoms with Crippen LogP contribution in [0.4, 0.5) is 19.0 Å². The van der Waals surface area contributed by atoms with Crippen molar-refractivity contribution in [3.63, 3.8) is 0 Å². The first-order valence-electron chi connectivity index (χ1n) is 11.6. The van der Waals surface area contributed by atoms with Gasteiger partial charge in [-0.05, 0) is 48.4 Å². The van der Waals surface area contributed by atoms with Crippen LogP contribution in [0.5, 0.6) is 5.75 Å². The minimum absolute atomic E-state index is 0.247. The van der Waals surface area contributed by atoms with Gasteiger partial charge in [0.2, 0.25) is 0 Å². The Balaban J connectivity index is 1.42. The highest BCUT2D eigenvalue weighted by Crippen LogP contribution is 2.34. The number of alkyl halides is 3. The molecule has 8 nitrogen and oxygen atoms in total. The Morgan fingerprint density at radius 1 is 1.08 bits per heavy atom. The van der Waals surface area contributed by atoms with Crippen LogP contribution in [0.1, 0.15) is 17.3 Å². The molecule has 3 aromatic heterocycles. The molecule has 37 heavy (non-hydrogen) atoms. The summed E-state index contributed by atoms with van der Waals surface area (Å²) in [5.74, 6) is 0.442. The van der Waals surface area contributed by atoms with Gasteiger partial charge in [0.05, 0.1) is 36.9 Å². The zero-order valence-electron chi connectivity index (χ0n) is 20.2. The third-order valence-electron chi connectivity index (χ3n) is 6.20. The highest BCUT2D eigenvalue weighted by molar-refractivity contribution is 8.01. The molecule has 0 N–H and O–H groups in total. The van der Waals surface area contributed by atoms with Crippen molar-refractivity contribution < 1.29 is 26.9 Å². The first-order chi connectivity index (χ1) is 17.6. The van der Waals surface area contributed by atoms with Crippen LogP contribution in [0.15, 0.2) is 66.1 Å². The molecule has 5 rings (SSSR count). The first-order valence-corrected chi connectivity index (χ1v) is 14.2. The van der Waals surface area contributed by atoms with E-state index in [1.807, 2.05) is 29.0 Å². The van der Waals surface area contributed by atoms with Crippen LogP contribution in [0, 0.1) is 0 Å². The summed E-state index contributed by atoms with van der Waals surface area (Å²) in [6.45, 7) is 1.89. The Morgan fingerprint density at radius 3 is 2.54 bits per heavy atom. The number of hydrogen-bond donors (Lipinski definition) is 1. The van der Waals surface area contributed by atoms with Crippen molar-refractivity contribution >= 4 is 26.8 Å². The minimum Gasteiger partial charge on any atom is -0.406 e. The van der Waals surface area contributed by atoms with Gasteiger partial charge < -0.3 is 18.9 Å². The molecular formula is C25H26F3N5O3S. The van der Waals surface area contributed by atoms with Gasteiger partial charge in [-0.1, -0.05) is 22.1 Å². The quantitative estimate of drug-likeness (QED) is 0.376. The topological polar surface area (TPSA) is 82.4 Å². The molecule has 1 aliphatic heterocycles. The Morgan fingerprint density at radius 2 is 1.86 bits per heavy atom. The maximum Gasteiger partial charge on any atom is 0.573 e. The van der Waals surface area contributed by atoms with Crippen molar-refractivity contribution in [2.24, 2.45) is 0 Å². The minimum atomic E-state index is -4.74. The molecule has 12 heteroatoms. The molecule has 0 bridgehead atoms. The van der Waals surface area contributed by atoms with Gasteiger partial charge in [-0.2, -0.15) is 0 Å². The second-order valence-corrected chi connectivity index (χ2v) is 12.4. The maximum absolute atomic E-state index is 12.6. The van der Waals surface area contributed by atoms with Crippen molar-refractivity contribution in [2.75, 3.05) is 37.2 Å². The zero-order chi connectivity index (χ0) is 26.2. The predicted octanol–water partition coefficient (Wildman–Crippen LogP) is 3.99. The number of morpholine rings is 1. The molecule has 1 aliphatic rings. The summed E-state index contributed by atoms with van der Waals surface area (Å²) < 4.78 is 61.6. The Labute approximate surface area is 212 Å². The smallest absolute Gasteiger partial charge is 0.406 e. The highest BCUT2D eigenvalue weighted by atomic mass is 32.2. The van der Waals surface area contributed by atoms with Crippen molar-refractivity contribution in [3.05, 3.63) is 72.4 Å². The van der Waals surface area contributed by atoms with Crippen molar-refractivity contribution in [3.8, 4) is 5.75 Å². The summed E-state index contributed by atoms with van der Waals surface area (Å²) in [5, 5.41) is 0.842. The van der Waals surface area contributed by atoms with E-state index in [0.29, 0.717) is 32.1 Å². The number of nitrogens with zero attached hydrogens (tertiary/aromatic N) is 5. The van der Waals surface area contributed by atoms with E-state index in [4.69, 9.17) is 4.74 Å². The number of pyridine rings is 1. The molecule has 1 atom stereocenters. The Hall–Kier alpha value is -3.51. The fourth-order valence-electron chi connectivity index (χ4n) is 4.38. The first kappa shape index (κ1) is 25.2. The van der Waals surface area contributed by atoms with Crippen molar-refractivity contribution in [1.29, 1.82) is 0 Å². The third kappa shape index (κ3) is 5.59. The molecule has 1 fully saturated rings. The number of rotatable bonds is 6. The Bertz CT molecular complexity index is 1430. The van der Waals surface area contributed by atoms with E-state index < -0.39 is 16.3 Å². The maximum atomic E-state index is 12.6. The second-order valence-electron chi connectivity index (χ2n) is 9.14. The lowest BCUT2D eigenvalue weighted by Gasteiger charge is -2.37. The highest BCUT2D eigenvalue weighted by Gasteiger charge is 2.32. The molecule has 0 aliphatic carbocycles. The molecule has 196 valence electrons. The van der Waals surface area contributed by atoms with E-state index in [9.17, 15) is 17.4 Å². The van der Waals surface area contributed by atoms with Crippen LogP contribution in [0.25, 0.3) is 11.0 Å². The van der Waals surface area contributed by atoms with Crippen LogP contribution in [-0.2, 0) is 21.2 Å². The van der Waals surface area contributed by atoms with Gasteiger partial charge in [-0.25, -0.2) is 9.97 Å². The lowest BCUT2D eigenvalue weighted by atomic mass is 10.0. The number of anilines is 1. The van der Waals surface area contributed by atoms with Gasteiger partial charge in [0.1, 0.15) is 23.5 Å². The monoisotopic (exact) mass is 533 g/mol. The number of aromatic nitrogens is 4. The van der Waals surface area contributed by atoms with Crippen LogP contribution >= 0.6 is 0 Å². The van der Waals surface area contributed by atoms with Crippen molar-refractivity contribution in [2.45, 2.75) is 23.8 Å².